The normalized spacial score (nSPS) is 12.6. The van der Waals surface area contributed by atoms with Crippen LogP contribution in [0.15, 0.2) is 35.4 Å². The third-order valence-electron chi connectivity index (χ3n) is 2.98. The average Bonchev–Trinajstić information content (AvgIpc) is 2.78. The molecule has 0 saturated heterocycles. The molecule has 1 heterocycles. The van der Waals surface area contributed by atoms with E-state index in [1.54, 1.807) is 22.6 Å². The van der Waals surface area contributed by atoms with E-state index in [0.717, 1.165) is 17.9 Å². The number of rotatable bonds is 6. The summed E-state index contributed by atoms with van der Waals surface area (Å²) in [5.74, 6) is 0.568. The van der Waals surface area contributed by atoms with Crippen LogP contribution in [0.1, 0.15) is 30.7 Å². The maximum absolute atomic E-state index is 10.4. The van der Waals surface area contributed by atoms with Crippen molar-refractivity contribution in [1.29, 1.82) is 0 Å². The smallest absolute Gasteiger partial charge is 0.106 e. The minimum absolute atomic E-state index is 0.538. The Morgan fingerprint density at radius 1 is 1.45 bits per heavy atom. The number of halogens is 1. The van der Waals surface area contributed by atoms with E-state index >= 15 is 0 Å². The van der Waals surface area contributed by atoms with Crippen molar-refractivity contribution < 1.29 is 5.11 Å². The fourth-order valence-electron chi connectivity index (χ4n) is 2.05. The highest BCUT2D eigenvalue weighted by molar-refractivity contribution is 7.99. The van der Waals surface area contributed by atoms with Crippen molar-refractivity contribution in [1.82, 2.24) is 9.78 Å². The van der Waals surface area contributed by atoms with E-state index in [-0.39, 0.29) is 0 Å². The van der Waals surface area contributed by atoms with Crippen LogP contribution in [0.3, 0.4) is 0 Å². The Balaban J connectivity index is 2.05. The third kappa shape index (κ3) is 3.78. The van der Waals surface area contributed by atoms with E-state index in [0.29, 0.717) is 16.5 Å². The molecule has 2 rings (SSSR count). The summed E-state index contributed by atoms with van der Waals surface area (Å²) in [5, 5.41) is 15.1. The zero-order chi connectivity index (χ0) is 14.5. The standard InChI is InChI=1S/C15H19ClN2OS/c1-3-7-18-15(13(16)9-17-18)14(19)10-20-12-6-4-5-11(2)8-12/h4-6,8-9,14,19H,3,7,10H2,1-2H3. The van der Waals surface area contributed by atoms with Gasteiger partial charge in [-0.25, -0.2) is 0 Å². The number of nitrogens with zero attached hydrogens (tertiary/aromatic N) is 2. The molecule has 0 radical (unpaired) electrons. The zero-order valence-electron chi connectivity index (χ0n) is 11.7. The minimum atomic E-state index is -0.609. The van der Waals surface area contributed by atoms with Crippen LogP contribution in [0.25, 0.3) is 0 Å². The Morgan fingerprint density at radius 2 is 2.25 bits per heavy atom. The molecule has 0 aliphatic heterocycles. The lowest BCUT2D eigenvalue weighted by atomic mass is 10.2. The highest BCUT2D eigenvalue weighted by atomic mass is 35.5. The topological polar surface area (TPSA) is 38.0 Å². The van der Waals surface area contributed by atoms with Gasteiger partial charge in [-0.1, -0.05) is 36.2 Å². The van der Waals surface area contributed by atoms with E-state index in [1.165, 1.54) is 5.56 Å². The van der Waals surface area contributed by atoms with Gasteiger partial charge in [-0.05, 0) is 25.5 Å². The first-order valence-electron chi connectivity index (χ1n) is 6.70. The van der Waals surface area contributed by atoms with Crippen LogP contribution in [0.5, 0.6) is 0 Å². The lowest BCUT2D eigenvalue weighted by Crippen LogP contribution is -2.11. The van der Waals surface area contributed by atoms with E-state index < -0.39 is 6.10 Å². The van der Waals surface area contributed by atoms with Crippen LogP contribution in [0.4, 0.5) is 0 Å². The van der Waals surface area contributed by atoms with Crippen LogP contribution in [-0.4, -0.2) is 20.6 Å². The molecule has 1 atom stereocenters. The first-order chi connectivity index (χ1) is 9.61. The number of thioether (sulfide) groups is 1. The largest absolute Gasteiger partial charge is 0.386 e. The Hall–Kier alpha value is -0.970. The Morgan fingerprint density at radius 3 is 2.95 bits per heavy atom. The lowest BCUT2D eigenvalue weighted by molar-refractivity contribution is 0.191. The second kappa shape index (κ2) is 7.16. The quantitative estimate of drug-likeness (QED) is 0.817. The first kappa shape index (κ1) is 15.4. The molecule has 0 aliphatic rings. The van der Waals surface area contributed by atoms with Crippen molar-refractivity contribution in [3.8, 4) is 0 Å². The molecule has 1 aromatic carbocycles. The van der Waals surface area contributed by atoms with Gasteiger partial charge in [0.25, 0.3) is 0 Å². The highest BCUT2D eigenvalue weighted by Gasteiger charge is 2.18. The molecule has 1 unspecified atom stereocenters. The van der Waals surface area contributed by atoms with Crippen molar-refractivity contribution in [2.24, 2.45) is 0 Å². The number of hydrogen-bond donors (Lipinski definition) is 1. The van der Waals surface area contributed by atoms with Gasteiger partial charge in [-0.2, -0.15) is 5.10 Å². The summed E-state index contributed by atoms with van der Waals surface area (Å²) in [4.78, 5) is 1.15. The summed E-state index contributed by atoms with van der Waals surface area (Å²) in [6.07, 6.45) is 1.96. The summed E-state index contributed by atoms with van der Waals surface area (Å²) < 4.78 is 1.80. The lowest BCUT2D eigenvalue weighted by Gasteiger charge is -2.13. The van der Waals surface area contributed by atoms with Crippen molar-refractivity contribution in [2.75, 3.05) is 5.75 Å². The molecular formula is C15H19ClN2OS. The molecule has 0 spiro atoms. The summed E-state index contributed by atoms with van der Waals surface area (Å²) in [6, 6.07) is 8.25. The van der Waals surface area contributed by atoms with Gasteiger partial charge in [0.15, 0.2) is 0 Å². The number of aliphatic hydroxyl groups is 1. The monoisotopic (exact) mass is 310 g/mol. The number of aryl methyl sites for hydroxylation is 2. The molecule has 0 aliphatic carbocycles. The Labute approximate surface area is 129 Å². The molecule has 2 aromatic rings. The summed E-state index contributed by atoms with van der Waals surface area (Å²) in [7, 11) is 0. The summed E-state index contributed by atoms with van der Waals surface area (Å²) >= 11 is 7.76. The van der Waals surface area contributed by atoms with Gasteiger partial charge in [-0.15, -0.1) is 11.8 Å². The molecule has 3 nitrogen and oxygen atoms in total. The Bertz CT molecular complexity index is 571. The highest BCUT2D eigenvalue weighted by Crippen LogP contribution is 2.29. The van der Waals surface area contributed by atoms with Crippen LogP contribution >= 0.6 is 23.4 Å². The molecule has 0 bridgehead atoms. The molecule has 0 fully saturated rings. The van der Waals surface area contributed by atoms with Crippen LogP contribution in [0.2, 0.25) is 5.02 Å². The van der Waals surface area contributed by atoms with Crippen molar-refractivity contribution in [3.63, 3.8) is 0 Å². The van der Waals surface area contributed by atoms with Crippen LogP contribution < -0.4 is 0 Å². The number of hydrogen-bond acceptors (Lipinski definition) is 3. The van der Waals surface area contributed by atoms with Gasteiger partial charge in [0.1, 0.15) is 6.10 Å². The molecule has 108 valence electrons. The molecule has 20 heavy (non-hydrogen) atoms. The number of benzene rings is 1. The zero-order valence-corrected chi connectivity index (χ0v) is 13.3. The minimum Gasteiger partial charge on any atom is -0.386 e. The maximum atomic E-state index is 10.4. The number of aliphatic hydroxyl groups excluding tert-OH is 1. The van der Waals surface area contributed by atoms with E-state index in [9.17, 15) is 5.11 Å². The second-order valence-electron chi connectivity index (χ2n) is 4.74. The van der Waals surface area contributed by atoms with E-state index in [4.69, 9.17) is 11.6 Å². The van der Waals surface area contributed by atoms with Crippen molar-refractivity contribution >= 4 is 23.4 Å². The SMILES string of the molecule is CCCn1ncc(Cl)c1C(O)CSc1cccc(C)c1. The molecule has 1 N–H and O–H groups in total. The van der Waals surface area contributed by atoms with Crippen LogP contribution in [0, 0.1) is 6.92 Å². The summed E-state index contributed by atoms with van der Waals surface area (Å²) in [5.41, 5.74) is 1.94. The molecule has 5 heteroatoms. The van der Waals surface area contributed by atoms with Gasteiger partial charge in [0.2, 0.25) is 0 Å². The van der Waals surface area contributed by atoms with E-state index in [2.05, 4.69) is 37.1 Å². The predicted molar refractivity (Wildman–Crippen MR) is 84.4 cm³/mol. The third-order valence-corrected chi connectivity index (χ3v) is 4.34. The Kier molecular flexibility index (Phi) is 5.52. The number of aromatic nitrogens is 2. The van der Waals surface area contributed by atoms with Gasteiger partial charge >= 0.3 is 0 Å². The molecule has 0 saturated carbocycles. The first-order valence-corrected chi connectivity index (χ1v) is 8.07. The van der Waals surface area contributed by atoms with Gasteiger partial charge < -0.3 is 5.11 Å². The van der Waals surface area contributed by atoms with Gasteiger partial charge in [0.05, 0.1) is 16.9 Å². The molecule has 0 amide bonds. The van der Waals surface area contributed by atoms with Crippen molar-refractivity contribution in [3.05, 3.63) is 46.7 Å². The van der Waals surface area contributed by atoms with Gasteiger partial charge in [-0.3, -0.25) is 4.68 Å². The van der Waals surface area contributed by atoms with Crippen LogP contribution in [-0.2, 0) is 6.54 Å². The van der Waals surface area contributed by atoms with Crippen molar-refractivity contribution in [2.45, 2.75) is 37.8 Å². The maximum Gasteiger partial charge on any atom is 0.106 e. The predicted octanol–water partition coefficient (Wildman–Crippen LogP) is 4.08. The van der Waals surface area contributed by atoms with E-state index in [1.807, 2.05) is 6.07 Å². The fourth-order valence-corrected chi connectivity index (χ4v) is 3.27. The second-order valence-corrected chi connectivity index (χ2v) is 6.24. The fraction of sp³-hybridized carbons (Fsp3) is 0.400. The van der Waals surface area contributed by atoms with Gasteiger partial charge in [0, 0.05) is 17.2 Å². The molecule has 1 aromatic heterocycles. The average molecular weight is 311 g/mol. The summed E-state index contributed by atoms with van der Waals surface area (Å²) in [6.45, 7) is 4.91. The molecular weight excluding hydrogens is 292 g/mol.